The molecule has 4 rings (SSSR count). The number of nitrogens with one attached hydrogen (secondary N) is 1. The van der Waals surface area contributed by atoms with E-state index in [4.69, 9.17) is 0 Å². The SMILES string of the molecule is Cn1ncc2c(N3CCSCC3)nc(C(=O)NCCc3cccs3)nc21. The van der Waals surface area contributed by atoms with Crippen LogP contribution in [0.3, 0.4) is 0 Å². The van der Waals surface area contributed by atoms with E-state index in [1.54, 1.807) is 22.2 Å². The van der Waals surface area contributed by atoms with E-state index in [1.807, 2.05) is 30.3 Å². The Morgan fingerprint density at radius 3 is 2.92 bits per heavy atom. The molecule has 4 heterocycles. The van der Waals surface area contributed by atoms with E-state index < -0.39 is 0 Å². The maximum atomic E-state index is 12.6. The highest BCUT2D eigenvalue weighted by atomic mass is 32.2. The summed E-state index contributed by atoms with van der Waals surface area (Å²) in [6.07, 6.45) is 2.60. The molecule has 0 atom stereocenters. The van der Waals surface area contributed by atoms with Gasteiger partial charge in [0, 0.05) is 43.1 Å². The Balaban J connectivity index is 1.57. The van der Waals surface area contributed by atoms with Gasteiger partial charge in [0.15, 0.2) is 5.65 Å². The predicted molar refractivity (Wildman–Crippen MR) is 106 cm³/mol. The molecule has 0 aliphatic carbocycles. The molecular weight excluding hydrogens is 368 g/mol. The van der Waals surface area contributed by atoms with E-state index in [0.717, 1.165) is 42.2 Å². The molecule has 1 fully saturated rings. The van der Waals surface area contributed by atoms with Crippen LogP contribution in [0.15, 0.2) is 23.7 Å². The number of fused-ring (bicyclic) bond motifs is 1. The minimum absolute atomic E-state index is 0.209. The molecule has 1 saturated heterocycles. The molecule has 0 aromatic carbocycles. The Morgan fingerprint density at radius 2 is 2.15 bits per heavy atom. The molecule has 7 nitrogen and oxygen atoms in total. The lowest BCUT2D eigenvalue weighted by molar-refractivity contribution is 0.0944. The van der Waals surface area contributed by atoms with Crippen molar-refractivity contribution in [3.05, 3.63) is 34.4 Å². The van der Waals surface area contributed by atoms with Crippen LogP contribution in [0.2, 0.25) is 0 Å². The fraction of sp³-hybridized carbons (Fsp3) is 0.412. The van der Waals surface area contributed by atoms with Gasteiger partial charge in [-0.25, -0.2) is 9.97 Å². The van der Waals surface area contributed by atoms with Crippen molar-refractivity contribution in [1.82, 2.24) is 25.1 Å². The smallest absolute Gasteiger partial charge is 0.289 e. The zero-order chi connectivity index (χ0) is 17.9. The molecule has 1 aliphatic rings. The summed E-state index contributed by atoms with van der Waals surface area (Å²) in [5.74, 6) is 2.91. The third-order valence-corrected chi connectivity index (χ3v) is 6.20. The van der Waals surface area contributed by atoms with E-state index >= 15 is 0 Å². The van der Waals surface area contributed by atoms with Crippen LogP contribution in [0, 0.1) is 0 Å². The third-order valence-electron chi connectivity index (χ3n) is 4.32. The Bertz CT molecular complexity index is 902. The first-order valence-corrected chi connectivity index (χ1v) is 10.6. The van der Waals surface area contributed by atoms with Crippen molar-refractivity contribution < 1.29 is 4.79 Å². The van der Waals surface area contributed by atoms with Gasteiger partial charge in [-0.05, 0) is 17.9 Å². The van der Waals surface area contributed by atoms with Gasteiger partial charge in [0.2, 0.25) is 5.82 Å². The number of carbonyl (C=O) groups is 1. The summed E-state index contributed by atoms with van der Waals surface area (Å²) in [5.41, 5.74) is 0.691. The molecule has 26 heavy (non-hydrogen) atoms. The molecule has 9 heteroatoms. The molecule has 0 spiro atoms. The fourth-order valence-corrected chi connectivity index (χ4v) is 4.57. The van der Waals surface area contributed by atoms with Crippen LogP contribution in [0.1, 0.15) is 15.5 Å². The fourth-order valence-electron chi connectivity index (χ4n) is 2.96. The van der Waals surface area contributed by atoms with Crippen LogP contribution in [-0.4, -0.2) is 56.8 Å². The molecule has 3 aromatic rings. The van der Waals surface area contributed by atoms with Gasteiger partial charge in [-0.1, -0.05) is 6.07 Å². The maximum Gasteiger partial charge on any atom is 0.289 e. The number of thiophene rings is 1. The minimum atomic E-state index is -0.239. The number of hydrogen-bond acceptors (Lipinski definition) is 7. The Morgan fingerprint density at radius 1 is 1.31 bits per heavy atom. The summed E-state index contributed by atoms with van der Waals surface area (Å²) in [7, 11) is 1.84. The second-order valence-electron chi connectivity index (χ2n) is 6.06. The van der Waals surface area contributed by atoms with Gasteiger partial charge in [0.25, 0.3) is 5.91 Å². The van der Waals surface area contributed by atoms with Crippen molar-refractivity contribution in [1.29, 1.82) is 0 Å². The standard InChI is InChI=1S/C17H20N6OS2/c1-22-15-13(11-19-22)16(23-6-9-25-10-7-23)21-14(20-15)17(24)18-5-4-12-3-2-8-26-12/h2-3,8,11H,4-7,9-10H2,1H3,(H,18,24). The van der Waals surface area contributed by atoms with E-state index in [0.29, 0.717) is 12.2 Å². The van der Waals surface area contributed by atoms with Gasteiger partial charge < -0.3 is 10.2 Å². The second-order valence-corrected chi connectivity index (χ2v) is 8.32. The molecule has 1 N–H and O–H groups in total. The van der Waals surface area contributed by atoms with Gasteiger partial charge in [-0.15, -0.1) is 11.3 Å². The average Bonchev–Trinajstić information content (AvgIpc) is 3.32. The van der Waals surface area contributed by atoms with E-state index in [9.17, 15) is 4.79 Å². The molecule has 1 aliphatic heterocycles. The van der Waals surface area contributed by atoms with Gasteiger partial charge in [0.1, 0.15) is 5.82 Å². The summed E-state index contributed by atoms with van der Waals surface area (Å²) in [6.45, 7) is 2.41. The number of amides is 1. The first kappa shape index (κ1) is 17.3. The van der Waals surface area contributed by atoms with Crippen molar-refractivity contribution in [2.24, 2.45) is 7.05 Å². The molecule has 136 valence electrons. The largest absolute Gasteiger partial charge is 0.354 e. The zero-order valence-corrected chi connectivity index (χ0v) is 16.1. The zero-order valence-electron chi connectivity index (χ0n) is 14.5. The molecule has 1 amide bonds. The highest BCUT2D eigenvalue weighted by molar-refractivity contribution is 7.99. The first-order chi connectivity index (χ1) is 12.7. The minimum Gasteiger partial charge on any atom is -0.354 e. The molecule has 0 bridgehead atoms. The summed E-state index contributed by atoms with van der Waals surface area (Å²) in [4.78, 5) is 25.1. The van der Waals surface area contributed by atoms with Crippen LogP contribution < -0.4 is 10.2 Å². The molecule has 0 radical (unpaired) electrons. The summed E-state index contributed by atoms with van der Waals surface area (Å²) >= 11 is 3.63. The van der Waals surface area contributed by atoms with Crippen LogP contribution >= 0.6 is 23.1 Å². The van der Waals surface area contributed by atoms with Crippen molar-refractivity contribution in [3.8, 4) is 0 Å². The van der Waals surface area contributed by atoms with Crippen LogP contribution in [0.5, 0.6) is 0 Å². The number of carbonyl (C=O) groups excluding carboxylic acids is 1. The lowest BCUT2D eigenvalue weighted by atomic mass is 10.3. The number of thioether (sulfide) groups is 1. The van der Waals surface area contributed by atoms with Crippen LogP contribution in [0.4, 0.5) is 5.82 Å². The number of anilines is 1. The Labute approximate surface area is 159 Å². The molecule has 0 unspecified atom stereocenters. The van der Waals surface area contributed by atoms with Gasteiger partial charge in [-0.2, -0.15) is 16.9 Å². The number of aryl methyl sites for hydroxylation is 1. The molecule has 3 aromatic heterocycles. The number of aromatic nitrogens is 4. The third kappa shape index (κ3) is 3.54. The number of nitrogens with zero attached hydrogens (tertiary/aromatic N) is 5. The quantitative estimate of drug-likeness (QED) is 0.720. The topological polar surface area (TPSA) is 75.9 Å². The normalized spacial score (nSPS) is 14.7. The van der Waals surface area contributed by atoms with Crippen LogP contribution in [-0.2, 0) is 13.5 Å². The van der Waals surface area contributed by atoms with Crippen molar-refractivity contribution in [3.63, 3.8) is 0 Å². The van der Waals surface area contributed by atoms with Gasteiger partial charge in [0.05, 0.1) is 11.6 Å². The van der Waals surface area contributed by atoms with E-state index in [1.165, 1.54) is 4.88 Å². The van der Waals surface area contributed by atoms with Gasteiger partial charge in [-0.3, -0.25) is 9.48 Å². The highest BCUT2D eigenvalue weighted by Crippen LogP contribution is 2.25. The van der Waals surface area contributed by atoms with Crippen molar-refractivity contribution in [2.75, 3.05) is 36.0 Å². The van der Waals surface area contributed by atoms with Gasteiger partial charge >= 0.3 is 0 Å². The van der Waals surface area contributed by atoms with Crippen molar-refractivity contribution in [2.45, 2.75) is 6.42 Å². The lowest BCUT2D eigenvalue weighted by Gasteiger charge is -2.27. The monoisotopic (exact) mass is 388 g/mol. The highest BCUT2D eigenvalue weighted by Gasteiger charge is 2.21. The van der Waals surface area contributed by atoms with Crippen LogP contribution in [0.25, 0.3) is 11.0 Å². The molecule has 0 saturated carbocycles. The average molecular weight is 389 g/mol. The van der Waals surface area contributed by atoms with Crippen molar-refractivity contribution >= 4 is 45.9 Å². The summed E-state index contributed by atoms with van der Waals surface area (Å²) < 4.78 is 1.70. The van der Waals surface area contributed by atoms with E-state index in [2.05, 4.69) is 31.3 Å². The summed E-state index contributed by atoms with van der Waals surface area (Å²) in [5, 5.41) is 10.2. The lowest BCUT2D eigenvalue weighted by Crippen LogP contribution is -2.34. The number of hydrogen-bond donors (Lipinski definition) is 1. The molecular formula is C17H20N6OS2. The second kappa shape index (κ2) is 7.63. The number of rotatable bonds is 5. The first-order valence-electron chi connectivity index (χ1n) is 8.55. The predicted octanol–water partition coefficient (Wildman–Crippen LogP) is 1.95. The maximum absolute atomic E-state index is 12.6. The Kier molecular flexibility index (Phi) is 5.07. The van der Waals surface area contributed by atoms with E-state index in [-0.39, 0.29) is 11.7 Å². The Hall–Kier alpha value is -2.13. The summed E-state index contributed by atoms with van der Waals surface area (Å²) in [6, 6.07) is 4.09.